The predicted octanol–water partition coefficient (Wildman–Crippen LogP) is 4.67. The van der Waals surface area contributed by atoms with Crippen molar-refractivity contribution in [2.45, 2.75) is 11.4 Å². The molecule has 2 aromatic heterocycles. The van der Waals surface area contributed by atoms with Gasteiger partial charge in [-0.25, -0.2) is 21.2 Å². The molecular weight excluding hydrogens is 446 g/mol. The van der Waals surface area contributed by atoms with Gasteiger partial charge in [-0.05, 0) is 42.9 Å². The van der Waals surface area contributed by atoms with Gasteiger partial charge in [-0.3, -0.25) is 4.98 Å². The molecule has 0 aliphatic rings. The Kier molecular flexibility index (Phi) is 5.65. The Morgan fingerprint density at radius 1 is 1.16 bits per heavy atom. The highest BCUT2D eigenvalue weighted by Gasteiger charge is 2.22. The first-order valence-corrected chi connectivity index (χ1v) is 11.0. The van der Waals surface area contributed by atoms with Gasteiger partial charge in [-0.2, -0.15) is 0 Å². The van der Waals surface area contributed by atoms with Crippen molar-refractivity contribution in [3.8, 4) is 0 Å². The number of nitrogens with zero attached hydrogens (tertiary/aromatic N) is 2. The number of rotatable bonds is 6. The third-order valence-electron chi connectivity index (χ3n) is 4.69. The van der Waals surface area contributed by atoms with Crippen molar-refractivity contribution in [2.75, 3.05) is 12.4 Å². The second-order valence-corrected chi connectivity index (χ2v) is 9.00. The first-order valence-electron chi connectivity index (χ1n) is 9.17. The molecule has 2 N–H and O–H groups in total. The predicted molar refractivity (Wildman–Crippen MR) is 116 cm³/mol. The Labute approximate surface area is 182 Å². The van der Waals surface area contributed by atoms with Crippen molar-refractivity contribution in [1.29, 1.82) is 0 Å². The highest BCUT2D eigenvalue weighted by molar-refractivity contribution is 7.90. The minimum absolute atomic E-state index is 0.0360. The van der Waals surface area contributed by atoms with Gasteiger partial charge in [-0.1, -0.05) is 17.7 Å². The molecule has 10 heteroatoms. The fraction of sp³-hybridized carbons (Fsp3) is 0.0952. The third kappa shape index (κ3) is 3.99. The first-order chi connectivity index (χ1) is 14.8. The number of benzene rings is 2. The molecule has 31 heavy (non-hydrogen) atoms. The molecular formula is C21H17ClF2N4O2S. The van der Waals surface area contributed by atoms with E-state index in [1.807, 2.05) is 0 Å². The molecule has 0 saturated carbocycles. The molecule has 0 aliphatic heterocycles. The van der Waals surface area contributed by atoms with Crippen LogP contribution in [0.4, 0.5) is 20.2 Å². The number of anilines is 2. The van der Waals surface area contributed by atoms with E-state index in [1.54, 1.807) is 37.5 Å². The van der Waals surface area contributed by atoms with Crippen LogP contribution in [0.2, 0.25) is 5.02 Å². The monoisotopic (exact) mass is 462 g/mol. The van der Waals surface area contributed by atoms with Gasteiger partial charge < -0.3 is 10.6 Å². The summed E-state index contributed by atoms with van der Waals surface area (Å²) in [6, 6.07) is 9.68. The molecule has 0 bridgehead atoms. The number of halogens is 3. The van der Waals surface area contributed by atoms with Crippen LogP contribution in [0, 0.1) is 11.6 Å². The lowest BCUT2D eigenvalue weighted by atomic mass is 10.1. The Bertz CT molecular complexity index is 1350. The van der Waals surface area contributed by atoms with E-state index in [1.165, 1.54) is 22.4 Å². The van der Waals surface area contributed by atoms with E-state index in [2.05, 4.69) is 15.6 Å². The maximum atomic E-state index is 14.2. The van der Waals surface area contributed by atoms with Crippen LogP contribution in [-0.4, -0.2) is 24.4 Å². The van der Waals surface area contributed by atoms with Gasteiger partial charge in [0.1, 0.15) is 10.7 Å². The molecule has 4 aromatic rings. The zero-order chi connectivity index (χ0) is 22.2. The Morgan fingerprint density at radius 2 is 1.97 bits per heavy atom. The summed E-state index contributed by atoms with van der Waals surface area (Å²) in [7, 11) is -2.17. The molecule has 2 heterocycles. The normalized spacial score (nSPS) is 11.7. The smallest absolute Gasteiger partial charge is 0.269 e. The van der Waals surface area contributed by atoms with Gasteiger partial charge in [0.2, 0.25) is 0 Å². The Balaban J connectivity index is 1.86. The second-order valence-electron chi connectivity index (χ2n) is 6.78. The molecule has 0 fully saturated rings. The largest absolute Gasteiger partial charge is 0.352 e. The van der Waals surface area contributed by atoms with E-state index in [0.717, 1.165) is 11.6 Å². The molecule has 160 valence electrons. The summed E-state index contributed by atoms with van der Waals surface area (Å²) >= 11 is 5.97. The van der Waals surface area contributed by atoms with Crippen molar-refractivity contribution < 1.29 is 17.2 Å². The van der Waals surface area contributed by atoms with E-state index in [4.69, 9.17) is 11.6 Å². The summed E-state index contributed by atoms with van der Waals surface area (Å²) in [4.78, 5) is 3.93. The molecule has 0 radical (unpaired) electrons. The summed E-state index contributed by atoms with van der Waals surface area (Å²) in [5.41, 5.74) is 1.43. The molecule has 2 aromatic carbocycles. The van der Waals surface area contributed by atoms with Gasteiger partial charge in [-0.15, -0.1) is 0 Å². The molecule has 0 amide bonds. The summed E-state index contributed by atoms with van der Waals surface area (Å²) in [6.45, 7) is 0.442. The maximum absolute atomic E-state index is 14.2. The van der Waals surface area contributed by atoms with E-state index < -0.39 is 21.7 Å². The Hall–Kier alpha value is -3.01. The summed E-state index contributed by atoms with van der Waals surface area (Å²) < 4.78 is 55.2. The molecule has 6 nitrogen and oxygen atoms in total. The lowest BCUT2D eigenvalue weighted by molar-refractivity contribution is 0.585. The van der Waals surface area contributed by atoms with Crippen molar-refractivity contribution in [2.24, 2.45) is 0 Å². The quantitative estimate of drug-likeness (QED) is 0.435. The van der Waals surface area contributed by atoms with Gasteiger partial charge in [0.15, 0.2) is 5.82 Å². The number of aromatic nitrogens is 2. The van der Waals surface area contributed by atoms with Crippen LogP contribution in [0.25, 0.3) is 10.9 Å². The minimum atomic E-state index is -3.93. The van der Waals surface area contributed by atoms with E-state index in [9.17, 15) is 17.2 Å². The van der Waals surface area contributed by atoms with Gasteiger partial charge in [0.05, 0.1) is 16.2 Å². The number of hydrogen-bond acceptors (Lipinski definition) is 5. The number of nitrogens with one attached hydrogen (secondary N) is 2. The molecule has 0 spiro atoms. The van der Waals surface area contributed by atoms with Crippen LogP contribution in [0.1, 0.15) is 5.56 Å². The van der Waals surface area contributed by atoms with Crippen LogP contribution >= 0.6 is 11.6 Å². The zero-order valence-corrected chi connectivity index (χ0v) is 17.8. The average Bonchev–Trinajstić information content (AvgIpc) is 3.10. The lowest BCUT2D eigenvalue weighted by Gasteiger charge is -2.11. The minimum Gasteiger partial charge on any atom is -0.352 e. The summed E-state index contributed by atoms with van der Waals surface area (Å²) in [5.74, 6) is -1.66. The van der Waals surface area contributed by atoms with Crippen molar-refractivity contribution in [3.05, 3.63) is 83.3 Å². The number of pyridine rings is 1. The lowest BCUT2D eigenvalue weighted by Crippen LogP contribution is -2.12. The first kappa shape index (κ1) is 21.2. The van der Waals surface area contributed by atoms with E-state index in [0.29, 0.717) is 29.2 Å². The molecule has 0 atom stereocenters. The highest BCUT2D eigenvalue weighted by atomic mass is 35.5. The fourth-order valence-electron chi connectivity index (χ4n) is 3.29. The Morgan fingerprint density at radius 3 is 2.65 bits per heavy atom. The van der Waals surface area contributed by atoms with Crippen molar-refractivity contribution in [3.63, 3.8) is 0 Å². The van der Waals surface area contributed by atoms with Crippen molar-refractivity contribution in [1.82, 2.24) is 14.3 Å². The molecule has 0 aliphatic carbocycles. The zero-order valence-electron chi connectivity index (χ0n) is 16.2. The van der Waals surface area contributed by atoms with E-state index >= 15 is 0 Å². The van der Waals surface area contributed by atoms with Crippen LogP contribution < -0.4 is 10.6 Å². The third-order valence-corrected chi connectivity index (χ3v) is 6.64. The van der Waals surface area contributed by atoms with Crippen LogP contribution in [0.5, 0.6) is 0 Å². The van der Waals surface area contributed by atoms with Crippen LogP contribution in [0.3, 0.4) is 0 Å². The van der Waals surface area contributed by atoms with E-state index in [-0.39, 0.29) is 15.6 Å². The van der Waals surface area contributed by atoms with Crippen LogP contribution in [-0.2, 0) is 16.6 Å². The summed E-state index contributed by atoms with van der Waals surface area (Å²) in [5, 5.41) is 6.40. The maximum Gasteiger partial charge on any atom is 0.269 e. The van der Waals surface area contributed by atoms with Gasteiger partial charge >= 0.3 is 0 Å². The van der Waals surface area contributed by atoms with Crippen molar-refractivity contribution >= 4 is 43.9 Å². The molecule has 0 saturated heterocycles. The standard InChI is InChI=1S/C21H17ClF2N4O2S/c1-25-10-13-12-28(31(29,30)16-3-2-6-26-11-16)20-9-15(4-5-17(13)20)27-21-18(22)7-14(23)8-19(21)24/h2-9,11-12,25,27H,10H2,1H3. The SMILES string of the molecule is CNCc1cn(S(=O)(=O)c2cccnc2)c2cc(Nc3c(F)cc(F)cc3Cl)ccc12. The molecule has 4 rings (SSSR count). The number of fused-ring (bicyclic) bond motifs is 1. The second kappa shape index (κ2) is 8.26. The van der Waals surface area contributed by atoms with Gasteiger partial charge in [0.25, 0.3) is 10.0 Å². The number of hydrogen-bond donors (Lipinski definition) is 2. The molecule has 0 unspecified atom stereocenters. The highest BCUT2D eigenvalue weighted by Crippen LogP contribution is 2.33. The van der Waals surface area contributed by atoms with Gasteiger partial charge in [0, 0.05) is 42.3 Å². The summed E-state index contributed by atoms with van der Waals surface area (Å²) in [6.07, 6.45) is 4.30. The average molecular weight is 463 g/mol. The fourth-order valence-corrected chi connectivity index (χ4v) is 4.88. The van der Waals surface area contributed by atoms with Crippen LogP contribution in [0.15, 0.2) is 66.0 Å². The topological polar surface area (TPSA) is 76.0 Å².